The molecule has 0 aromatic heterocycles. The molecule has 0 saturated heterocycles. The van der Waals surface area contributed by atoms with Crippen molar-refractivity contribution >= 4 is 11.9 Å². The second-order valence-electron chi connectivity index (χ2n) is 5.90. The van der Waals surface area contributed by atoms with E-state index in [1.165, 1.54) is 7.11 Å². The van der Waals surface area contributed by atoms with Crippen LogP contribution in [0.1, 0.15) is 44.2 Å². The average molecular weight is 306 g/mol. The lowest BCUT2D eigenvalue weighted by molar-refractivity contribution is -0.117. The number of hydrogen-bond donors (Lipinski definition) is 2. The molecule has 1 aliphatic heterocycles. The maximum atomic E-state index is 11.1. The van der Waals surface area contributed by atoms with Crippen LogP contribution in [0.25, 0.3) is 6.08 Å². The Balaban J connectivity index is 2.36. The van der Waals surface area contributed by atoms with Crippen molar-refractivity contribution in [2.75, 3.05) is 7.11 Å². The van der Waals surface area contributed by atoms with Crippen LogP contribution in [-0.2, 0) is 4.79 Å². The number of phenolic OH excluding ortho intramolecular Hbond substituents is 2. The Labute approximate surface area is 130 Å². The average Bonchev–Trinajstić information content (AvgIpc) is 2.45. The van der Waals surface area contributed by atoms with Gasteiger partial charge in [-0.1, -0.05) is 6.08 Å². The predicted octanol–water partition coefficient (Wildman–Crippen LogP) is 3.34. The smallest absolute Gasteiger partial charge is 0.207 e. The van der Waals surface area contributed by atoms with Crippen LogP contribution in [0.3, 0.4) is 0 Å². The van der Waals surface area contributed by atoms with E-state index in [-0.39, 0.29) is 23.0 Å². The minimum atomic E-state index is -0.578. The SMILES string of the molecule is COc1c(O)c(O)c(C)c2c1OC(C)(CCCC(C)=O)C=C2. The van der Waals surface area contributed by atoms with Gasteiger partial charge >= 0.3 is 0 Å². The van der Waals surface area contributed by atoms with Crippen molar-refractivity contribution in [3.8, 4) is 23.0 Å². The second-order valence-corrected chi connectivity index (χ2v) is 5.90. The van der Waals surface area contributed by atoms with Gasteiger partial charge in [0.2, 0.25) is 11.5 Å². The summed E-state index contributed by atoms with van der Waals surface area (Å²) in [5.41, 5.74) is 0.650. The third-order valence-corrected chi connectivity index (χ3v) is 3.99. The number of hydrogen-bond acceptors (Lipinski definition) is 5. The number of benzene rings is 1. The van der Waals surface area contributed by atoms with E-state index in [0.29, 0.717) is 29.7 Å². The molecular formula is C17H22O5. The van der Waals surface area contributed by atoms with Gasteiger partial charge < -0.3 is 24.5 Å². The molecule has 0 radical (unpaired) electrons. The first-order valence-corrected chi connectivity index (χ1v) is 7.29. The number of phenols is 2. The first kappa shape index (κ1) is 16.2. The van der Waals surface area contributed by atoms with Gasteiger partial charge in [-0.25, -0.2) is 0 Å². The van der Waals surface area contributed by atoms with E-state index in [1.54, 1.807) is 13.8 Å². The van der Waals surface area contributed by atoms with Gasteiger partial charge in [-0.2, -0.15) is 0 Å². The van der Waals surface area contributed by atoms with Crippen LogP contribution in [0.5, 0.6) is 23.0 Å². The third kappa shape index (κ3) is 2.89. The summed E-state index contributed by atoms with van der Waals surface area (Å²) in [7, 11) is 1.42. The van der Waals surface area contributed by atoms with E-state index in [2.05, 4.69) is 0 Å². The Morgan fingerprint density at radius 3 is 2.64 bits per heavy atom. The molecule has 2 rings (SSSR count). The maximum Gasteiger partial charge on any atom is 0.207 e. The zero-order valence-corrected chi connectivity index (χ0v) is 13.4. The highest BCUT2D eigenvalue weighted by atomic mass is 16.5. The normalized spacial score (nSPS) is 19.5. The van der Waals surface area contributed by atoms with Crippen LogP contribution in [0.2, 0.25) is 0 Å². The van der Waals surface area contributed by atoms with E-state index in [9.17, 15) is 15.0 Å². The zero-order chi connectivity index (χ0) is 16.5. The van der Waals surface area contributed by atoms with Crippen LogP contribution < -0.4 is 9.47 Å². The summed E-state index contributed by atoms with van der Waals surface area (Å²) < 4.78 is 11.2. The fraction of sp³-hybridized carbons (Fsp3) is 0.471. The van der Waals surface area contributed by atoms with E-state index in [4.69, 9.17) is 9.47 Å². The van der Waals surface area contributed by atoms with Crippen LogP contribution in [0.4, 0.5) is 0 Å². The summed E-state index contributed by atoms with van der Waals surface area (Å²) in [5, 5.41) is 20.0. The molecule has 0 fully saturated rings. The summed E-state index contributed by atoms with van der Waals surface area (Å²) in [6, 6.07) is 0. The number of Topliss-reactive ketones (excluding diaryl/α,β-unsaturated/α-hetero) is 1. The molecule has 1 heterocycles. The second kappa shape index (κ2) is 5.91. The number of ketones is 1. The van der Waals surface area contributed by atoms with E-state index < -0.39 is 5.60 Å². The van der Waals surface area contributed by atoms with Crippen LogP contribution in [0, 0.1) is 6.92 Å². The molecule has 0 bridgehead atoms. The standard InChI is InChI=1S/C17H22O5/c1-10(18)6-5-8-17(3)9-7-12-11(2)13(19)14(20)16(21-4)15(12)22-17/h7,9,19-20H,5-6,8H2,1-4H3. The van der Waals surface area contributed by atoms with Gasteiger partial charge in [0.1, 0.15) is 11.4 Å². The molecule has 1 atom stereocenters. The lowest BCUT2D eigenvalue weighted by Gasteiger charge is -2.33. The van der Waals surface area contributed by atoms with E-state index >= 15 is 0 Å². The minimum Gasteiger partial charge on any atom is -0.504 e. The van der Waals surface area contributed by atoms with Crippen LogP contribution in [-0.4, -0.2) is 28.7 Å². The number of ether oxygens (including phenoxy) is 2. The molecule has 2 N–H and O–H groups in total. The predicted molar refractivity (Wildman–Crippen MR) is 83.7 cm³/mol. The van der Waals surface area contributed by atoms with Crippen molar-refractivity contribution in [2.45, 2.75) is 45.6 Å². The highest BCUT2D eigenvalue weighted by molar-refractivity contribution is 5.76. The molecular weight excluding hydrogens is 284 g/mol. The Morgan fingerprint density at radius 1 is 1.36 bits per heavy atom. The fourth-order valence-corrected chi connectivity index (χ4v) is 2.65. The van der Waals surface area contributed by atoms with Gasteiger partial charge in [-0.3, -0.25) is 0 Å². The quantitative estimate of drug-likeness (QED) is 0.816. The first-order chi connectivity index (χ1) is 10.3. The number of fused-ring (bicyclic) bond motifs is 1. The summed E-state index contributed by atoms with van der Waals surface area (Å²) in [6.07, 6.45) is 5.68. The van der Waals surface area contributed by atoms with Gasteiger partial charge in [0, 0.05) is 17.5 Å². The Hall–Kier alpha value is -2.17. The molecule has 22 heavy (non-hydrogen) atoms. The van der Waals surface area contributed by atoms with Gasteiger partial charge in [-0.05, 0) is 39.7 Å². The first-order valence-electron chi connectivity index (χ1n) is 7.29. The Bertz CT molecular complexity index is 633. The monoisotopic (exact) mass is 306 g/mol. The Kier molecular flexibility index (Phi) is 4.35. The van der Waals surface area contributed by atoms with Gasteiger partial charge in [0.05, 0.1) is 7.11 Å². The van der Waals surface area contributed by atoms with Crippen LogP contribution in [0.15, 0.2) is 6.08 Å². The number of rotatable bonds is 5. The minimum absolute atomic E-state index is 0.125. The van der Waals surface area contributed by atoms with Crippen molar-refractivity contribution in [1.82, 2.24) is 0 Å². The van der Waals surface area contributed by atoms with Gasteiger partial charge in [0.15, 0.2) is 11.5 Å². The molecule has 0 aliphatic carbocycles. The molecule has 1 aromatic carbocycles. The molecule has 0 spiro atoms. The highest BCUT2D eigenvalue weighted by Crippen LogP contribution is 2.51. The molecule has 1 aliphatic rings. The third-order valence-electron chi connectivity index (χ3n) is 3.99. The molecule has 0 amide bonds. The number of aromatic hydroxyl groups is 2. The van der Waals surface area contributed by atoms with Crippen LogP contribution >= 0.6 is 0 Å². The molecule has 0 saturated carbocycles. The highest BCUT2D eigenvalue weighted by Gasteiger charge is 2.32. The van der Waals surface area contributed by atoms with Crippen molar-refractivity contribution in [2.24, 2.45) is 0 Å². The van der Waals surface area contributed by atoms with Crippen molar-refractivity contribution in [3.05, 3.63) is 17.2 Å². The molecule has 120 valence electrons. The molecule has 5 heteroatoms. The van der Waals surface area contributed by atoms with E-state index in [1.807, 2.05) is 19.1 Å². The largest absolute Gasteiger partial charge is 0.504 e. The molecule has 1 aromatic rings. The lowest BCUT2D eigenvalue weighted by atomic mass is 9.92. The van der Waals surface area contributed by atoms with E-state index in [0.717, 1.165) is 6.42 Å². The molecule has 5 nitrogen and oxygen atoms in total. The lowest BCUT2D eigenvalue weighted by Crippen LogP contribution is -2.32. The summed E-state index contributed by atoms with van der Waals surface area (Å²) in [6.45, 7) is 5.20. The molecule has 1 unspecified atom stereocenters. The summed E-state index contributed by atoms with van der Waals surface area (Å²) >= 11 is 0. The van der Waals surface area contributed by atoms with Crippen molar-refractivity contribution < 1.29 is 24.5 Å². The van der Waals surface area contributed by atoms with Gasteiger partial charge in [-0.15, -0.1) is 0 Å². The van der Waals surface area contributed by atoms with Gasteiger partial charge in [0.25, 0.3) is 0 Å². The Morgan fingerprint density at radius 2 is 2.05 bits per heavy atom. The topological polar surface area (TPSA) is 76.0 Å². The summed E-state index contributed by atoms with van der Waals surface area (Å²) in [4.78, 5) is 11.1. The number of carbonyl (C=O) groups excluding carboxylic acids is 1. The number of carbonyl (C=O) groups is 1. The zero-order valence-electron chi connectivity index (χ0n) is 13.4. The number of methoxy groups -OCH3 is 1. The van der Waals surface area contributed by atoms with Crippen molar-refractivity contribution in [3.63, 3.8) is 0 Å². The summed E-state index contributed by atoms with van der Waals surface area (Å²) in [5.74, 6) is 0.173. The fourth-order valence-electron chi connectivity index (χ4n) is 2.65. The van der Waals surface area contributed by atoms with Crippen molar-refractivity contribution in [1.29, 1.82) is 0 Å². The maximum absolute atomic E-state index is 11.1.